The van der Waals surface area contributed by atoms with Gasteiger partial charge in [0.25, 0.3) is 5.56 Å². The summed E-state index contributed by atoms with van der Waals surface area (Å²) in [5.41, 5.74) is 0.907. The Kier molecular flexibility index (Phi) is 6.03. The van der Waals surface area contributed by atoms with Crippen molar-refractivity contribution in [3.8, 4) is 11.5 Å². The molecule has 7 heteroatoms. The van der Waals surface area contributed by atoms with E-state index in [0.29, 0.717) is 18.8 Å². The molecule has 0 saturated heterocycles. The zero-order valence-electron chi connectivity index (χ0n) is 15.3. The van der Waals surface area contributed by atoms with E-state index in [1.165, 1.54) is 10.6 Å². The van der Waals surface area contributed by atoms with Crippen LogP contribution in [0.4, 0.5) is 0 Å². The molecule has 1 unspecified atom stereocenters. The molecule has 136 valence electrons. The first kappa shape index (κ1) is 18.8. The summed E-state index contributed by atoms with van der Waals surface area (Å²) in [6, 6.07) is 7.16. The number of nitrogens with one attached hydrogen (secondary N) is 1. The Morgan fingerprint density at radius 3 is 2.52 bits per heavy atom. The summed E-state index contributed by atoms with van der Waals surface area (Å²) in [6.45, 7) is 4.60. The van der Waals surface area contributed by atoms with Crippen LogP contribution in [0.3, 0.4) is 0 Å². The number of nitrogens with zero attached hydrogens (tertiary/aromatic N) is 2. The standard InChI is InChI=1S/C18H25N3O4/c1-12-10-17(22)21(18(23)19-12)9-8-20(3)13(2)15-7-6-14(24-4)11-16(15)25-5/h6-7,10-11,13H,8-9H2,1-5H3,(H,19,23). The van der Waals surface area contributed by atoms with E-state index in [1.807, 2.05) is 32.2 Å². The first-order valence-corrected chi connectivity index (χ1v) is 8.10. The van der Waals surface area contributed by atoms with E-state index in [4.69, 9.17) is 9.47 Å². The van der Waals surface area contributed by atoms with Crippen molar-refractivity contribution < 1.29 is 9.47 Å². The molecule has 1 aromatic heterocycles. The van der Waals surface area contributed by atoms with E-state index in [2.05, 4.69) is 9.88 Å². The van der Waals surface area contributed by atoms with Crippen LogP contribution in [-0.4, -0.2) is 42.3 Å². The molecule has 1 atom stereocenters. The van der Waals surface area contributed by atoms with Gasteiger partial charge < -0.3 is 14.5 Å². The Bertz CT molecular complexity index is 810. The minimum absolute atomic E-state index is 0.0427. The quantitative estimate of drug-likeness (QED) is 0.822. The van der Waals surface area contributed by atoms with E-state index in [0.717, 1.165) is 17.1 Å². The van der Waals surface area contributed by atoms with Gasteiger partial charge in [-0.05, 0) is 27.0 Å². The zero-order valence-corrected chi connectivity index (χ0v) is 15.3. The molecule has 0 radical (unpaired) electrons. The molecule has 0 aliphatic heterocycles. The van der Waals surface area contributed by atoms with Gasteiger partial charge in [-0.1, -0.05) is 6.07 Å². The zero-order chi connectivity index (χ0) is 18.6. The summed E-state index contributed by atoms with van der Waals surface area (Å²) >= 11 is 0. The number of benzene rings is 1. The molecular weight excluding hydrogens is 322 g/mol. The Morgan fingerprint density at radius 1 is 1.20 bits per heavy atom. The summed E-state index contributed by atoms with van der Waals surface area (Å²) < 4.78 is 11.9. The van der Waals surface area contributed by atoms with Gasteiger partial charge in [-0.25, -0.2) is 4.79 Å². The highest BCUT2D eigenvalue weighted by Crippen LogP contribution is 2.31. The van der Waals surface area contributed by atoms with Gasteiger partial charge in [0, 0.05) is 42.5 Å². The molecule has 7 nitrogen and oxygen atoms in total. The fourth-order valence-corrected chi connectivity index (χ4v) is 2.70. The molecular formula is C18H25N3O4. The number of aromatic nitrogens is 2. The first-order chi connectivity index (χ1) is 11.9. The third-order valence-corrected chi connectivity index (χ3v) is 4.38. The number of hydrogen-bond donors (Lipinski definition) is 1. The summed E-state index contributed by atoms with van der Waals surface area (Å²) in [4.78, 5) is 28.6. The fourth-order valence-electron chi connectivity index (χ4n) is 2.70. The lowest BCUT2D eigenvalue weighted by molar-refractivity contribution is 0.242. The predicted molar refractivity (Wildman–Crippen MR) is 96.7 cm³/mol. The van der Waals surface area contributed by atoms with Gasteiger partial charge in [-0.3, -0.25) is 14.3 Å². The van der Waals surface area contributed by atoms with Crippen molar-refractivity contribution in [2.75, 3.05) is 27.8 Å². The number of aryl methyl sites for hydroxylation is 1. The van der Waals surface area contributed by atoms with E-state index in [1.54, 1.807) is 21.1 Å². The molecule has 0 aliphatic rings. The molecule has 0 aliphatic carbocycles. The second-order valence-corrected chi connectivity index (χ2v) is 6.01. The largest absolute Gasteiger partial charge is 0.497 e. The van der Waals surface area contributed by atoms with Crippen LogP contribution in [0.1, 0.15) is 24.2 Å². The van der Waals surface area contributed by atoms with Crippen molar-refractivity contribution >= 4 is 0 Å². The molecule has 0 fully saturated rings. The molecule has 25 heavy (non-hydrogen) atoms. The van der Waals surface area contributed by atoms with E-state index in [-0.39, 0.29) is 17.3 Å². The second kappa shape index (κ2) is 8.02. The summed E-state index contributed by atoms with van der Waals surface area (Å²) in [5.74, 6) is 1.47. The number of rotatable bonds is 7. The van der Waals surface area contributed by atoms with Crippen molar-refractivity contribution in [2.24, 2.45) is 0 Å². The van der Waals surface area contributed by atoms with Gasteiger partial charge in [-0.2, -0.15) is 0 Å². The number of H-pyrrole nitrogens is 1. The van der Waals surface area contributed by atoms with Crippen LogP contribution >= 0.6 is 0 Å². The van der Waals surface area contributed by atoms with Gasteiger partial charge in [0.2, 0.25) is 0 Å². The minimum atomic E-state index is -0.381. The lowest BCUT2D eigenvalue weighted by Crippen LogP contribution is -2.38. The number of hydrogen-bond acceptors (Lipinski definition) is 5. The smallest absolute Gasteiger partial charge is 0.328 e. The van der Waals surface area contributed by atoms with E-state index in [9.17, 15) is 9.59 Å². The van der Waals surface area contributed by atoms with E-state index < -0.39 is 0 Å². The third-order valence-electron chi connectivity index (χ3n) is 4.38. The molecule has 1 N–H and O–H groups in total. The fraction of sp³-hybridized carbons (Fsp3) is 0.444. The molecule has 1 aromatic carbocycles. The lowest BCUT2D eigenvalue weighted by atomic mass is 10.1. The maximum atomic E-state index is 12.0. The van der Waals surface area contributed by atoms with Crippen LogP contribution < -0.4 is 20.7 Å². The van der Waals surface area contributed by atoms with Crippen molar-refractivity contribution in [3.05, 3.63) is 56.4 Å². The number of methoxy groups -OCH3 is 2. The van der Waals surface area contributed by atoms with Crippen LogP contribution in [0.5, 0.6) is 11.5 Å². The van der Waals surface area contributed by atoms with Crippen LogP contribution in [0.15, 0.2) is 33.9 Å². The lowest BCUT2D eigenvalue weighted by Gasteiger charge is -2.26. The molecule has 0 saturated carbocycles. The topological polar surface area (TPSA) is 76.6 Å². The highest BCUT2D eigenvalue weighted by molar-refractivity contribution is 5.42. The Hall–Kier alpha value is -2.54. The normalized spacial score (nSPS) is 12.2. The van der Waals surface area contributed by atoms with Crippen LogP contribution in [-0.2, 0) is 6.54 Å². The average molecular weight is 347 g/mol. The van der Waals surface area contributed by atoms with Crippen molar-refractivity contribution in [1.82, 2.24) is 14.5 Å². The maximum absolute atomic E-state index is 12.0. The average Bonchev–Trinajstić information content (AvgIpc) is 2.59. The number of aromatic amines is 1. The van der Waals surface area contributed by atoms with Crippen LogP contribution in [0, 0.1) is 6.92 Å². The number of ether oxygens (including phenoxy) is 2. The third kappa shape index (κ3) is 4.30. The molecule has 2 rings (SSSR count). The molecule has 2 aromatic rings. The minimum Gasteiger partial charge on any atom is -0.497 e. The maximum Gasteiger partial charge on any atom is 0.328 e. The molecule has 0 amide bonds. The van der Waals surface area contributed by atoms with Gasteiger partial charge in [0.1, 0.15) is 11.5 Å². The highest BCUT2D eigenvalue weighted by Gasteiger charge is 2.17. The number of likely N-dealkylation sites (N-methyl/N-ethyl adjacent to an activating group) is 1. The van der Waals surface area contributed by atoms with Crippen LogP contribution in [0.2, 0.25) is 0 Å². The Morgan fingerprint density at radius 2 is 1.92 bits per heavy atom. The summed E-state index contributed by atoms with van der Waals surface area (Å²) in [7, 11) is 5.18. The monoisotopic (exact) mass is 347 g/mol. The Balaban J connectivity index is 2.15. The summed E-state index contributed by atoms with van der Waals surface area (Å²) in [5, 5.41) is 0. The van der Waals surface area contributed by atoms with Gasteiger partial charge in [0.15, 0.2) is 0 Å². The van der Waals surface area contributed by atoms with E-state index >= 15 is 0 Å². The second-order valence-electron chi connectivity index (χ2n) is 6.01. The summed E-state index contributed by atoms with van der Waals surface area (Å²) in [6.07, 6.45) is 0. The van der Waals surface area contributed by atoms with Crippen molar-refractivity contribution in [3.63, 3.8) is 0 Å². The van der Waals surface area contributed by atoms with Crippen LogP contribution in [0.25, 0.3) is 0 Å². The van der Waals surface area contributed by atoms with Crippen molar-refractivity contribution in [2.45, 2.75) is 26.4 Å². The predicted octanol–water partition coefficient (Wildman–Crippen LogP) is 1.56. The first-order valence-electron chi connectivity index (χ1n) is 8.10. The van der Waals surface area contributed by atoms with Gasteiger partial charge >= 0.3 is 5.69 Å². The van der Waals surface area contributed by atoms with Gasteiger partial charge in [-0.15, -0.1) is 0 Å². The molecule has 1 heterocycles. The SMILES string of the molecule is COc1ccc(C(C)N(C)CCn2c(=O)cc(C)[nH]c2=O)c(OC)c1. The van der Waals surface area contributed by atoms with Gasteiger partial charge in [0.05, 0.1) is 14.2 Å². The molecule has 0 spiro atoms. The van der Waals surface area contributed by atoms with Crippen molar-refractivity contribution in [1.29, 1.82) is 0 Å². The Labute approximate surface area is 146 Å². The molecule has 0 bridgehead atoms. The highest BCUT2D eigenvalue weighted by atomic mass is 16.5.